The molecule has 2 nitrogen and oxygen atoms in total. The lowest BCUT2D eigenvalue weighted by Gasteiger charge is -2.07. The van der Waals surface area contributed by atoms with Gasteiger partial charge in [0.15, 0.2) is 10.1 Å². The number of aryl methyl sites for hydroxylation is 1. The highest BCUT2D eigenvalue weighted by atomic mass is 32.2. The number of hydrogen-bond acceptors (Lipinski definition) is 4. The molecule has 3 aromatic rings. The van der Waals surface area contributed by atoms with Crippen molar-refractivity contribution >= 4 is 39.1 Å². The van der Waals surface area contributed by atoms with Crippen molar-refractivity contribution in [3.63, 3.8) is 0 Å². The lowest BCUT2D eigenvalue weighted by Crippen LogP contribution is -1.98. The van der Waals surface area contributed by atoms with E-state index in [1.807, 2.05) is 24.3 Å². The zero-order valence-corrected chi connectivity index (χ0v) is 13.1. The van der Waals surface area contributed by atoms with Crippen LogP contribution in [0.2, 0.25) is 0 Å². The van der Waals surface area contributed by atoms with Gasteiger partial charge in [-0.05, 0) is 43.7 Å². The van der Waals surface area contributed by atoms with E-state index in [1.54, 1.807) is 24.3 Å². The molecule has 0 amide bonds. The van der Waals surface area contributed by atoms with E-state index in [0.717, 1.165) is 19.5 Å². The van der Waals surface area contributed by atoms with Gasteiger partial charge in [0.25, 0.3) is 0 Å². The maximum atomic E-state index is 13.7. The van der Waals surface area contributed by atoms with Gasteiger partial charge in [0.05, 0.1) is 10.2 Å². The first-order valence-corrected chi connectivity index (χ1v) is 8.02. The highest BCUT2D eigenvalue weighted by Crippen LogP contribution is 2.36. The summed E-state index contributed by atoms with van der Waals surface area (Å²) in [6.45, 7) is 3.15. The molecular formula is C16H12FNOS2. The first-order chi connectivity index (χ1) is 10.0. The Morgan fingerprint density at radius 3 is 2.76 bits per heavy atom. The minimum Gasteiger partial charge on any atom is -0.294 e. The summed E-state index contributed by atoms with van der Waals surface area (Å²) in [5, 5.41) is 0. The van der Waals surface area contributed by atoms with Crippen LogP contribution in [0.1, 0.15) is 22.8 Å². The molecule has 0 aliphatic rings. The minimum atomic E-state index is -0.353. The molecule has 2 aromatic carbocycles. The van der Waals surface area contributed by atoms with Crippen LogP contribution in [0.25, 0.3) is 10.2 Å². The Morgan fingerprint density at radius 2 is 2.05 bits per heavy atom. The molecule has 0 saturated carbocycles. The summed E-state index contributed by atoms with van der Waals surface area (Å²) in [5.74, 6) is -0.494. The van der Waals surface area contributed by atoms with Gasteiger partial charge in [-0.3, -0.25) is 4.79 Å². The number of fused-ring (bicyclic) bond motifs is 1. The summed E-state index contributed by atoms with van der Waals surface area (Å²) >= 11 is 2.98. The highest BCUT2D eigenvalue weighted by molar-refractivity contribution is 8.01. The van der Waals surface area contributed by atoms with Crippen LogP contribution >= 0.6 is 23.1 Å². The first kappa shape index (κ1) is 14.2. The molecule has 106 valence electrons. The Hall–Kier alpha value is -1.72. The zero-order chi connectivity index (χ0) is 15.0. The summed E-state index contributed by atoms with van der Waals surface area (Å²) in [5.41, 5.74) is 1.87. The van der Waals surface area contributed by atoms with Gasteiger partial charge in [-0.15, -0.1) is 11.3 Å². The molecule has 0 bridgehead atoms. The molecule has 0 saturated heterocycles. The van der Waals surface area contributed by atoms with Crippen LogP contribution in [0.15, 0.2) is 45.6 Å². The molecule has 21 heavy (non-hydrogen) atoms. The van der Waals surface area contributed by atoms with Crippen LogP contribution < -0.4 is 0 Å². The summed E-state index contributed by atoms with van der Waals surface area (Å²) < 4.78 is 15.6. The smallest absolute Gasteiger partial charge is 0.161 e. The number of halogens is 1. The van der Waals surface area contributed by atoms with E-state index in [-0.39, 0.29) is 11.6 Å². The summed E-state index contributed by atoms with van der Waals surface area (Å²) in [4.78, 5) is 17.0. The minimum absolute atomic E-state index is 0.141. The van der Waals surface area contributed by atoms with Crippen molar-refractivity contribution in [2.24, 2.45) is 0 Å². The third kappa shape index (κ3) is 2.84. The van der Waals surface area contributed by atoms with Crippen molar-refractivity contribution in [1.82, 2.24) is 4.98 Å². The third-order valence-electron chi connectivity index (χ3n) is 3.11. The number of carbonyl (C=O) groups is 1. The number of Topliss-reactive ketones (excluding diaryl/α,β-unsaturated/α-hetero) is 1. The zero-order valence-electron chi connectivity index (χ0n) is 11.5. The molecule has 1 heterocycles. The number of hydrogen-bond donors (Lipinski definition) is 0. The largest absolute Gasteiger partial charge is 0.294 e. The second-order valence-corrected chi connectivity index (χ2v) is 7.02. The van der Waals surface area contributed by atoms with Crippen LogP contribution in [-0.2, 0) is 0 Å². The molecule has 0 fully saturated rings. The molecule has 0 aliphatic heterocycles. The summed E-state index contributed by atoms with van der Waals surface area (Å²) in [6.07, 6.45) is 0. The Kier molecular flexibility index (Phi) is 3.78. The first-order valence-electron chi connectivity index (χ1n) is 6.39. The number of benzene rings is 2. The van der Waals surface area contributed by atoms with Crippen LogP contribution in [0.3, 0.4) is 0 Å². The van der Waals surface area contributed by atoms with Crippen molar-refractivity contribution in [2.75, 3.05) is 0 Å². The van der Waals surface area contributed by atoms with E-state index >= 15 is 0 Å². The van der Waals surface area contributed by atoms with Gasteiger partial charge in [-0.1, -0.05) is 23.9 Å². The predicted octanol–water partition coefficient (Wildman–Crippen LogP) is 5.10. The number of thiazole rings is 1. The number of ketones is 1. The Morgan fingerprint density at radius 1 is 1.29 bits per heavy atom. The maximum absolute atomic E-state index is 13.7. The van der Waals surface area contributed by atoms with E-state index < -0.39 is 0 Å². The fourth-order valence-corrected chi connectivity index (χ4v) is 4.29. The van der Waals surface area contributed by atoms with Crippen LogP contribution in [0.5, 0.6) is 0 Å². The predicted molar refractivity (Wildman–Crippen MR) is 84.9 cm³/mol. The molecule has 0 radical (unpaired) electrons. The Labute approximate surface area is 130 Å². The van der Waals surface area contributed by atoms with E-state index in [0.29, 0.717) is 11.1 Å². The molecule has 5 heteroatoms. The fraction of sp³-hybridized carbons (Fsp3) is 0.125. The van der Waals surface area contributed by atoms with Gasteiger partial charge in [-0.25, -0.2) is 9.37 Å². The molecule has 0 spiro atoms. The average molecular weight is 317 g/mol. The summed E-state index contributed by atoms with van der Waals surface area (Å²) in [7, 11) is 0. The van der Waals surface area contributed by atoms with Crippen LogP contribution in [0.4, 0.5) is 4.39 Å². The normalized spacial score (nSPS) is 11.0. The van der Waals surface area contributed by atoms with Crippen LogP contribution in [-0.4, -0.2) is 10.8 Å². The van der Waals surface area contributed by atoms with Crippen molar-refractivity contribution in [3.05, 3.63) is 53.3 Å². The van der Waals surface area contributed by atoms with Crippen LogP contribution in [0, 0.1) is 12.7 Å². The lowest BCUT2D eigenvalue weighted by atomic mass is 10.1. The molecule has 0 unspecified atom stereocenters. The average Bonchev–Trinajstić information content (AvgIpc) is 2.84. The second-order valence-electron chi connectivity index (χ2n) is 4.70. The van der Waals surface area contributed by atoms with E-state index in [4.69, 9.17) is 0 Å². The Balaban J connectivity index is 2.04. The lowest BCUT2D eigenvalue weighted by molar-refractivity contribution is 0.101. The summed E-state index contributed by atoms with van der Waals surface area (Å²) in [6, 6.07) is 10.9. The Bertz CT molecular complexity index is 808. The topological polar surface area (TPSA) is 30.0 Å². The highest BCUT2D eigenvalue weighted by Gasteiger charge is 2.14. The molecule has 1 aromatic heterocycles. The second kappa shape index (κ2) is 5.58. The van der Waals surface area contributed by atoms with Gasteiger partial charge in [0, 0.05) is 10.5 Å². The van der Waals surface area contributed by atoms with Crippen molar-refractivity contribution in [2.45, 2.75) is 23.1 Å². The monoisotopic (exact) mass is 317 g/mol. The van der Waals surface area contributed by atoms with Gasteiger partial charge in [-0.2, -0.15) is 0 Å². The van der Waals surface area contributed by atoms with Crippen molar-refractivity contribution < 1.29 is 9.18 Å². The standard InChI is InChI=1S/C16H12FNOS2/c1-9-7-15(11(10(2)19)8-12(9)17)21-16-18-13-5-3-4-6-14(13)20-16/h3-8H,1-2H3. The molecular weight excluding hydrogens is 305 g/mol. The van der Waals surface area contributed by atoms with Gasteiger partial charge in [0.2, 0.25) is 0 Å². The van der Waals surface area contributed by atoms with E-state index in [2.05, 4.69) is 4.98 Å². The molecule has 3 rings (SSSR count). The van der Waals surface area contributed by atoms with E-state index in [9.17, 15) is 9.18 Å². The molecule has 0 atom stereocenters. The number of rotatable bonds is 3. The third-order valence-corrected chi connectivity index (χ3v) is 5.27. The number of nitrogens with zero attached hydrogens (tertiary/aromatic N) is 1. The fourth-order valence-electron chi connectivity index (χ4n) is 2.00. The quantitative estimate of drug-likeness (QED) is 0.630. The van der Waals surface area contributed by atoms with Crippen molar-refractivity contribution in [3.8, 4) is 0 Å². The molecule has 0 aliphatic carbocycles. The number of aromatic nitrogens is 1. The number of carbonyl (C=O) groups excluding carboxylic acids is 1. The van der Waals surface area contributed by atoms with Gasteiger partial charge in [0.1, 0.15) is 5.82 Å². The SMILES string of the molecule is CC(=O)c1cc(F)c(C)cc1Sc1nc2ccccc2s1. The van der Waals surface area contributed by atoms with E-state index in [1.165, 1.54) is 24.8 Å². The van der Waals surface area contributed by atoms with Gasteiger partial charge >= 0.3 is 0 Å². The molecule has 0 N–H and O–H groups in total. The van der Waals surface area contributed by atoms with Gasteiger partial charge < -0.3 is 0 Å². The number of para-hydroxylation sites is 1. The maximum Gasteiger partial charge on any atom is 0.161 e. The van der Waals surface area contributed by atoms with Crippen molar-refractivity contribution in [1.29, 1.82) is 0 Å².